The van der Waals surface area contributed by atoms with Crippen molar-refractivity contribution in [3.05, 3.63) is 52.5 Å². The molecule has 2 atom stereocenters. The first kappa shape index (κ1) is 22.2. The monoisotopic (exact) mass is 516 g/mol. The topological polar surface area (TPSA) is 102 Å². The number of aromatic nitrogens is 2. The molecule has 32 heavy (non-hydrogen) atoms. The van der Waals surface area contributed by atoms with Crippen LogP contribution >= 0.6 is 27.3 Å². The molecule has 2 amide bonds. The SMILES string of the molecule is CCC(C)C(NC(=O)c1cccc(Br)c1)C(=O)Nc1nnc(-c2ccc3c(c2)OCO3)s1. The molecular weight excluding hydrogens is 496 g/mol. The average Bonchev–Trinajstić information content (AvgIpc) is 3.45. The van der Waals surface area contributed by atoms with Crippen LogP contribution in [-0.4, -0.2) is 34.8 Å². The average molecular weight is 517 g/mol. The molecule has 4 rings (SSSR count). The van der Waals surface area contributed by atoms with Gasteiger partial charge >= 0.3 is 0 Å². The lowest BCUT2D eigenvalue weighted by Crippen LogP contribution is -2.47. The third kappa shape index (κ3) is 4.91. The predicted molar refractivity (Wildman–Crippen MR) is 125 cm³/mol. The van der Waals surface area contributed by atoms with E-state index in [-0.39, 0.29) is 24.5 Å². The molecule has 3 aromatic rings. The first-order chi connectivity index (χ1) is 15.4. The fourth-order valence-electron chi connectivity index (χ4n) is 3.16. The molecule has 2 aromatic carbocycles. The van der Waals surface area contributed by atoms with E-state index >= 15 is 0 Å². The van der Waals surface area contributed by atoms with E-state index in [1.807, 2.05) is 38.1 Å². The Labute approximate surface area is 197 Å². The van der Waals surface area contributed by atoms with Gasteiger partial charge in [-0.15, -0.1) is 10.2 Å². The molecule has 1 aromatic heterocycles. The number of fused-ring (bicyclic) bond motifs is 1. The van der Waals surface area contributed by atoms with Gasteiger partial charge in [0.15, 0.2) is 11.5 Å². The van der Waals surface area contributed by atoms with Gasteiger partial charge in [-0.05, 0) is 42.3 Å². The summed E-state index contributed by atoms with van der Waals surface area (Å²) in [5.41, 5.74) is 1.29. The van der Waals surface area contributed by atoms with E-state index < -0.39 is 6.04 Å². The van der Waals surface area contributed by atoms with Gasteiger partial charge in [-0.2, -0.15) is 0 Å². The summed E-state index contributed by atoms with van der Waals surface area (Å²) in [5, 5.41) is 14.9. The number of rotatable bonds is 7. The zero-order valence-corrected chi connectivity index (χ0v) is 19.8. The highest BCUT2D eigenvalue weighted by atomic mass is 79.9. The minimum atomic E-state index is -0.718. The number of nitrogens with one attached hydrogen (secondary N) is 2. The molecule has 2 unspecified atom stereocenters. The Kier molecular flexibility index (Phi) is 6.71. The van der Waals surface area contributed by atoms with Crippen LogP contribution in [0, 0.1) is 5.92 Å². The minimum absolute atomic E-state index is 0.0765. The van der Waals surface area contributed by atoms with E-state index in [1.54, 1.807) is 18.2 Å². The van der Waals surface area contributed by atoms with E-state index in [9.17, 15) is 9.59 Å². The second-order valence-corrected chi connectivity index (χ2v) is 9.21. The van der Waals surface area contributed by atoms with Crippen LogP contribution in [0.2, 0.25) is 0 Å². The number of carbonyl (C=O) groups is 2. The molecule has 0 bridgehead atoms. The number of halogens is 1. The number of ether oxygens (including phenoxy) is 2. The van der Waals surface area contributed by atoms with Gasteiger partial charge in [0.1, 0.15) is 11.0 Å². The summed E-state index contributed by atoms with van der Waals surface area (Å²) in [6.45, 7) is 4.08. The highest BCUT2D eigenvalue weighted by Gasteiger charge is 2.27. The number of benzene rings is 2. The molecule has 2 heterocycles. The Bertz CT molecular complexity index is 1150. The van der Waals surface area contributed by atoms with Crippen LogP contribution in [0.15, 0.2) is 46.9 Å². The van der Waals surface area contributed by atoms with Crippen molar-refractivity contribution in [3.8, 4) is 22.1 Å². The zero-order chi connectivity index (χ0) is 22.7. The van der Waals surface area contributed by atoms with Gasteiger partial charge in [-0.25, -0.2) is 0 Å². The molecule has 0 aliphatic carbocycles. The van der Waals surface area contributed by atoms with Gasteiger partial charge in [-0.1, -0.05) is 53.6 Å². The highest BCUT2D eigenvalue weighted by Crippen LogP contribution is 2.37. The second kappa shape index (κ2) is 9.66. The van der Waals surface area contributed by atoms with Crippen molar-refractivity contribution >= 4 is 44.2 Å². The first-order valence-corrected chi connectivity index (χ1v) is 11.7. The molecular formula is C22H21BrN4O4S. The largest absolute Gasteiger partial charge is 0.454 e. The number of nitrogens with zero attached hydrogens (tertiary/aromatic N) is 2. The summed E-state index contributed by atoms with van der Waals surface area (Å²) in [6.07, 6.45) is 0.718. The Hall–Kier alpha value is -2.98. The maximum absolute atomic E-state index is 13.0. The molecule has 0 saturated heterocycles. The predicted octanol–water partition coefficient (Wildman–Crippen LogP) is 4.48. The lowest BCUT2D eigenvalue weighted by molar-refractivity contribution is -0.119. The van der Waals surface area contributed by atoms with Gasteiger partial charge in [0, 0.05) is 15.6 Å². The van der Waals surface area contributed by atoms with E-state index in [2.05, 4.69) is 36.8 Å². The number of carbonyl (C=O) groups excluding carboxylic acids is 2. The van der Waals surface area contributed by atoms with Crippen molar-refractivity contribution in [1.82, 2.24) is 15.5 Å². The van der Waals surface area contributed by atoms with Crippen LogP contribution in [0.3, 0.4) is 0 Å². The molecule has 10 heteroatoms. The Morgan fingerprint density at radius 3 is 2.75 bits per heavy atom. The molecule has 0 radical (unpaired) electrons. The quantitative estimate of drug-likeness (QED) is 0.479. The molecule has 166 valence electrons. The van der Waals surface area contributed by atoms with Crippen LogP contribution in [0.1, 0.15) is 30.6 Å². The van der Waals surface area contributed by atoms with E-state index in [4.69, 9.17) is 9.47 Å². The summed E-state index contributed by atoms with van der Waals surface area (Å²) in [5.74, 6) is 0.605. The van der Waals surface area contributed by atoms with Gasteiger partial charge in [0.05, 0.1) is 0 Å². The van der Waals surface area contributed by atoms with E-state index in [0.717, 1.165) is 16.5 Å². The highest BCUT2D eigenvalue weighted by molar-refractivity contribution is 9.10. The zero-order valence-electron chi connectivity index (χ0n) is 17.4. The Balaban J connectivity index is 1.47. The molecule has 0 saturated carbocycles. The molecule has 8 nitrogen and oxygen atoms in total. The second-order valence-electron chi connectivity index (χ2n) is 7.32. The maximum atomic E-state index is 13.0. The number of hydrogen-bond acceptors (Lipinski definition) is 7. The fourth-order valence-corrected chi connectivity index (χ4v) is 4.30. The van der Waals surface area contributed by atoms with Crippen molar-refractivity contribution in [2.45, 2.75) is 26.3 Å². The van der Waals surface area contributed by atoms with Crippen LogP contribution in [0.25, 0.3) is 10.6 Å². The number of anilines is 1. The van der Waals surface area contributed by atoms with Crippen molar-refractivity contribution < 1.29 is 19.1 Å². The van der Waals surface area contributed by atoms with Crippen LogP contribution in [-0.2, 0) is 4.79 Å². The smallest absolute Gasteiger partial charge is 0.251 e. The third-order valence-electron chi connectivity index (χ3n) is 5.14. The van der Waals surface area contributed by atoms with Crippen molar-refractivity contribution in [2.24, 2.45) is 5.92 Å². The standard InChI is InChI=1S/C22H21BrN4O4S/c1-3-12(2)18(24-19(28)13-5-4-6-15(23)9-13)20(29)25-22-27-26-21(32-22)14-7-8-16-17(10-14)31-11-30-16/h4-10,12,18H,3,11H2,1-2H3,(H,24,28)(H,25,27,29). The van der Waals surface area contributed by atoms with E-state index in [1.165, 1.54) is 11.3 Å². The molecule has 1 aliphatic rings. The lowest BCUT2D eigenvalue weighted by Gasteiger charge is -2.23. The molecule has 0 spiro atoms. The summed E-state index contributed by atoms with van der Waals surface area (Å²) in [4.78, 5) is 25.7. The van der Waals surface area contributed by atoms with Crippen molar-refractivity contribution in [1.29, 1.82) is 0 Å². The first-order valence-electron chi connectivity index (χ1n) is 10.1. The van der Waals surface area contributed by atoms with Gasteiger partial charge in [-0.3, -0.25) is 14.9 Å². The van der Waals surface area contributed by atoms with Gasteiger partial charge in [0.25, 0.3) is 5.91 Å². The Morgan fingerprint density at radius 2 is 1.97 bits per heavy atom. The van der Waals surface area contributed by atoms with Crippen LogP contribution in [0.5, 0.6) is 11.5 Å². The van der Waals surface area contributed by atoms with Crippen LogP contribution in [0.4, 0.5) is 5.13 Å². The fraction of sp³-hybridized carbons (Fsp3) is 0.273. The maximum Gasteiger partial charge on any atom is 0.251 e. The summed E-state index contributed by atoms with van der Waals surface area (Å²) in [6, 6.07) is 11.8. The number of amides is 2. The Morgan fingerprint density at radius 1 is 1.16 bits per heavy atom. The van der Waals surface area contributed by atoms with E-state index in [0.29, 0.717) is 27.2 Å². The summed E-state index contributed by atoms with van der Waals surface area (Å²) >= 11 is 4.61. The third-order valence-corrected chi connectivity index (χ3v) is 6.52. The molecule has 2 N–H and O–H groups in total. The normalized spacial score (nSPS) is 14.0. The summed E-state index contributed by atoms with van der Waals surface area (Å²) < 4.78 is 11.5. The van der Waals surface area contributed by atoms with Crippen molar-refractivity contribution in [3.63, 3.8) is 0 Å². The molecule has 0 fully saturated rings. The summed E-state index contributed by atoms with van der Waals surface area (Å²) in [7, 11) is 0. The molecule has 1 aliphatic heterocycles. The number of hydrogen-bond donors (Lipinski definition) is 2. The van der Waals surface area contributed by atoms with Crippen LogP contribution < -0.4 is 20.1 Å². The lowest BCUT2D eigenvalue weighted by atomic mass is 9.98. The van der Waals surface area contributed by atoms with Gasteiger partial charge in [0.2, 0.25) is 17.8 Å². The van der Waals surface area contributed by atoms with Crippen molar-refractivity contribution in [2.75, 3.05) is 12.1 Å². The minimum Gasteiger partial charge on any atom is -0.454 e. The van der Waals surface area contributed by atoms with Gasteiger partial charge < -0.3 is 14.8 Å².